The molecular formula is C14H17ClN2O2. The van der Waals surface area contributed by atoms with Gasteiger partial charge in [0.1, 0.15) is 5.15 Å². The molecule has 19 heavy (non-hydrogen) atoms. The molecule has 102 valence electrons. The van der Waals surface area contributed by atoms with E-state index >= 15 is 0 Å². The van der Waals surface area contributed by atoms with Gasteiger partial charge in [-0.15, -0.1) is 0 Å². The fraction of sp³-hybridized carbons (Fsp3) is 0.500. The summed E-state index contributed by atoms with van der Waals surface area (Å²) < 4.78 is 0. The Bertz CT molecular complexity index is 505. The number of carbonyl (C=O) groups is 2. The van der Waals surface area contributed by atoms with E-state index in [4.69, 9.17) is 11.6 Å². The SMILES string of the molecule is CC(C)(C)C1CC(=O)N(C(=O)c2ccc(Cl)nc2)C1. The fourth-order valence-electron chi connectivity index (χ4n) is 2.14. The summed E-state index contributed by atoms with van der Waals surface area (Å²) in [6.45, 7) is 6.73. The van der Waals surface area contributed by atoms with Gasteiger partial charge in [0.05, 0.1) is 5.56 Å². The van der Waals surface area contributed by atoms with Gasteiger partial charge in [0, 0.05) is 19.2 Å². The molecule has 0 bridgehead atoms. The molecule has 1 aliphatic heterocycles. The van der Waals surface area contributed by atoms with Crippen LogP contribution < -0.4 is 0 Å². The lowest BCUT2D eigenvalue weighted by molar-refractivity contribution is -0.125. The highest BCUT2D eigenvalue weighted by Gasteiger charge is 2.39. The Hall–Kier alpha value is -1.42. The van der Waals surface area contributed by atoms with Crippen LogP contribution in [0.2, 0.25) is 5.15 Å². The molecule has 1 aliphatic rings. The van der Waals surface area contributed by atoms with Crippen LogP contribution in [0, 0.1) is 11.3 Å². The molecule has 1 aromatic rings. The van der Waals surface area contributed by atoms with Gasteiger partial charge in [-0.2, -0.15) is 0 Å². The van der Waals surface area contributed by atoms with Crippen molar-refractivity contribution in [1.82, 2.24) is 9.88 Å². The summed E-state index contributed by atoms with van der Waals surface area (Å²) in [5.74, 6) is -0.204. The van der Waals surface area contributed by atoms with E-state index in [0.29, 0.717) is 23.7 Å². The zero-order valence-electron chi connectivity index (χ0n) is 11.3. The fourth-order valence-corrected chi connectivity index (χ4v) is 2.25. The molecule has 0 aromatic carbocycles. The van der Waals surface area contributed by atoms with Crippen molar-refractivity contribution in [3.8, 4) is 0 Å². The molecule has 2 heterocycles. The quantitative estimate of drug-likeness (QED) is 0.587. The molecule has 2 amide bonds. The second-order valence-electron chi connectivity index (χ2n) is 5.95. The molecule has 0 N–H and O–H groups in total. The van der Waals surface area contributed by atoms with E-state index in [-0.39, 0.29) is 23.1 Å². The number of imide groups is 1. The van der Waals surface area contributed by atoms with E-state index < -0.39 is 0 Å². The van der Waals surface area contributed by atoms with E-state index in [2.05, 4.69) is 25.8 Å². The van der Waals surface area contributed by atoms with Gasteiger partial charge < -0.3 is 0 Å². The molecule has 0 aliphatic carbocycles. The van der Waals surface area contributed by atoms with Crippen molar-refractivity contribution in [1.29, 1.82) is 0 Å². The lowest BCUT2D eigenvalue weighted by Gasteiger charge is -2.26. The Labute approximate surface area is 117 Å². The van der Waals surface area contributed by atoms with Gasteiger partial charge in [-0.1, -0.05) is 32.4 Å². The average Bonchev–Trinajstić information content (AvgIpc) is 2.71. The smallest absolute Gasteiger partial charge is 0.262 e. The standard InChI is InChI=1S/C14H17ClN2O2/c1-14(2,3)10-6-12(18)17(8-10)13(19)9-4-5-11(15)16-7-9/h4-5,7,10H,6,8H2,1-3H3. The summed E-state index contributed by atoms with van der Waals surface area (Å²) >= 11 is 5.68. The number of nitrogens with zero attached hydrogens (tertiary/aromatic N) is 2. The summed E-state index contributed by atoms with van der Waals surface area (Å²) in [5, 5.41) is 0.330. The second-order valence-corrected chi connectivity index (χ2v) is 6.33. The molecule has 1 aromatic heterocycles. The maximum absolute atomic E-state index is 12.3. The van der Waals surface area contributed by atoms with E-state index in [9.17, 15) is 9.59 Å². The number of hydrogen-bond donors (Lipinski definition) is 0. The van der Waals surface area contributed by atoms with Crippen LogP contribution in [-0.4, -0.2) is 28.2 Å². The van der Waals surface area contributed by atoms with Crippen LogP contribution in [0.15, 0.2) is 18.3 Å². The molecule has 1 saturated heterocycles. The Balaban J connectivity index is 2.17. The van der Waals surface area contributed by atoms with Gasteiger partial charge in [0.25, 0.3) is 5.91 Å². The van der Waals surface area contributed by atoms with Crippen molar-refractivity contribution in [2.45, 2.75) is 27.2 Å². The number of amides is 2. The molecule has 0 spiro atoms. The Morgan fingerprint density at radius 1 is 1.42 bits per heavy atom. The van der Waals surface area contributed by atoms with Gasteiger partial charge in [0.2, 0.25) is 5.91 Å². The lowest BCUT2D eigenvalue weighted by atomic mass is 9.80. The van der Waals surface area contributed by atoms with Crippen LogP contribution in [0.5, 0.6) is 0 Å². The minimum absolute atomic E-state index is 0.0168. The summed E-state index contributed by atoms with van der Waals surface area (Å²) in [7, 11) is 0. The molecule has 1 fully saturated rings. The average molecular weight is 281 g/mol. The Morgan fingerprint density at radius 3 is 2.58 bits per heavy atom. The van der Waals surface area contributed by atoms with Crippen molar-refractivity contribution < 1.29 is 9.59 Å². The first kappa shape index (κ1) is 14.0. The molecule has 5 heteroatoms. The number of halogens is 1. The van der Waals surface area contributed by atoms with Crippen molar-refractivity contribution in [3.63, 3.8) is 0 Å². The summed E-state index contributed by atoms with van der Waals surface area (Å²) in [4.78, 5) is 29.4. The first-order valence-electron chi connectivity index (χ1n) is 6.25. The number of likely N-dealkylation sites (tertiary alicyclic amines) is 1. The third kappa shape index (κ3) is 2.95. The molecule has 2 rings (SSSR count). The van der Waals surface area contributed by atoms with E-state index in [0.717, 1.165) is 0 Å². The molecule has 1 unspecified atom stereocenters. The Kier molecular flexibility index (Phi) is 3.63. The van der Waals surface area contributed by atoms with Gasteiger partial charge >= 0.3 is 0 Å². The van der Waals surface area contributed by atoms with Crippen LogP contribution in [0.3, 0.4) is 0 Å². The van der Waals surface area contributed by atoms with E-state index in [1.165, 1.54) is 11.1 Å². The lowest BCUT2D eigenvalue weighted by Crippen LogP contribution is -2.33. The minimum Gasteiger partial charge on any atom is -0.278 e. The molecule has 1 atom stereocenters. The number of hydrogen-bond acceptors (Lipinski definition) is 3. The van der Waals surface area contributed by atoms with Crippen LogP contribution in [0.25, 0.3) is 0 Å². The number of aromatic nitrogens is 1. The van der Waals surface area contributed by atoms with Gasteiger partial charge in [-0.05, 0) is 23.5 Å². The van der Waals surface area contributed by atoms with Crippen molar-refractivity contribution >= 4 is 23.4 Å². The largest absolute Gasteiger partial charge is 0.278 e. The zero-order valence-corrected chi connectivity index (χ0v) is 12.1. The normalized spacial score (nSPS) is 19.9. The van der Waals surface area contributed by atoms with Crippen LogP contribution in [0.1, 0.15) is 37.6 Å². The second kappa shape index (κ2) is 4.93. The number of pyridine rings is 1. The third-order valence-electron chi connectivity index (χ3n) is 3.57. The maximum atomic E-state index is 12.3. The number of carbonyl (C=O) groups excluding carboxylic acids is 2. The van der Waals surface area contributed by atoms with Crippen LogP contribution in [0.4, 0.5) is 0 Å². The van der Waals surface area contributed by atoms with Crippen molar-refractivity contribution in [2.24, 2.45) is 11.3 Å². The molecule has 0 saturated carbocycles. The highest BCUT2D eigenvalue weighted by Crippen LogP contribution is 2.34. The summed E-state index contributed by atoms with van der Waals surface area (Å²) in [6.07, 6.45) is 1.83. The summed E-state index contributed by atoms with van der Waals surface area (Å²) in [5.41, 5.74) is 0.412. The van der Waals surface area contributed by atoms with Crippen molar-refractivity contribution in [2.75, 3.05) is 6.54 Å². The zero-order chi connectivity index (χ0) is 14.2. The van der Waals surface area contributed by atoms with Crippen molar-refractivity contribution in [3.05, 3.63) is 29.0 Å². The molecule has 0 radical (unpaired) electrons. The van der Waals surface area contributed by atoms with Crippen LogP contribution in [-0.2, 0) is 4.79 Å². The first-order chi connectivity index (χ1) is 8.79. The first-order valence-corrected chi connectivity index (χ1v) is 6.63. The molecule has 4 nitrogen and oxygen atoms in total. The third-order valence-corrected chi connectivity index (χ3v) is 3.79. The van der Waals surface area contributed by atoms with Gasteiger partial charge in [-0.3, -0.25) is 14.5 Å². The van der Waals surface area contributed by atoms with Gasteiger partial charge in [-0.25, -0.2) is 4.98 Å². The number of rotatable bonds is 1. The highest BCUT2D eigenvalue weighted by atomic mass is 35.5. The predicted molar refractivity (Wildman–Crippen MR) is 72.9 cm³/mol. The predicted octanol–water partition coefficient (Wildman–Crippen LogP) is 2.77. The Morgan fingerprint density at radius 2 is 2.11 bits per heavy atom. The highest BCUT2D eigenvalue weighted by molar-refractivity contribution is 6.29. The van der Waals surface area contributed by atoms with Gasteiger partial charge in [0.15, 0.2) is 0 Å². The monoisotopic (exact) mass is 280 g/mol. The molecular weight excluding hydrogens is 264 g/mol. The van der Waals surface area contributed by atoms with E-state index in [1.54, 1.807) is 12.1 Å². The topological polar surface area (TPSA) is 50.3 Å². The minimum atomic E-state index is -0.291. The van der Waals surface area contributed by atoms with E-state index in [1.807, 2.05) is 0 Å². The van der Waals surface area contributed by atoms with Crippen LogP contribution >= 0.6 is 11.6 Å². The summed E-state index contributed by atoms with van der Waals surface area (Å²) in [6, 6.07) is 3.14. The maximum Gasteiger partial charge on any atom is 0.262 e.